The van der Waals surface area contributed by atoms with Crippen LogP contribution in [-0.4, -0.2) is 15.7 Å². The summed E-state index contributed by atoms with van der Waals surface area (Å²) in [5.41, 5.74) is 0.0942. The molecule has 2 rings (SSSR count). The second-order valence-corrected chi connectivity index (χ2v) is 6.58. The molecule has 2 unspecified atom stereocenters. The molecule has 15 heavy (non-hydrogen) atoms. The zero-order valence-corrected chi connectivity index (χ0v) is 11.6. The number of hydrogen-bond donors (Lipinski definition) is 0. The van der Waals surface area contributed by atoms with Gasteiger partial charge in [0.1, 0.15) is 9.70 Å². The number of carbonyl (C=O) groups excluding carboxylic acids is 2. The van der Waals surface area contributed by atoms with Crippen LogP contribution in [0.4, 0.5) is 0 Å². The Morgan fingerprint density at radius 1 is 1.47 bits per heavy atom. The van der Waals surface area contributed by atoms with Gasteiger partial charge in [0.15, 0.2) is 0 Å². The van der Waals surface area contributed by atoms with E-state index in [9.17, 15) is 9.59 Å². The van der Waals surface area contributed by atoms with E-state index in [1.165, 1.54) is 6.08 Å². The summed E-state index contributed by atoms with van der Waals surface area (Å²) >= 11 is 18.3. The summed E-state index contributed by atoms with van der Waals surface area (Å²) in [5, 5.41) is 0.165. The molecule has 1 aliphatic carbocycles. The maximum absolute atomic E-state index is 11.4. The lowest BCUT2D eigenvalue weighted by Gasteiger charge is -2.27. The minimum absolute atomic E-state index is 0.0942. The Balaban J connectivity index is 2.65. The number of hydrogen-bond acceptors (Lipinski definition) is 3. The van der Waals surface area contributed by atoms with Crippen LogP contribution in [0.2, 0.25) is 0 Å². The van der Waals surface area contributed by atoms with Gasteiger partial charge in [0.05, 0.1) is 10.6 Å². The van der Waals surface area contributed by atoms with Gasteiger partial charge >= 0.3 is 11.9 Å². The lowest BCUT2D eigenvalue weighted by atomic mass is 9.93. The summed E-state index contributed by atoms with van der Waals surface area (Å²) in [7, 11) is 0. The van der Waals surface area contributed by atoms with Crippen molar-refractivity contribution in [3.8, 4) is 0 Å². The van der Waals surface area contributed by atoms with Crippen molar-refractivity contribution < 1.29 is 14.3 Å². The van der Waals surface area contributed by atoms with Crippen LogP contribution in [0, 0.1) is 5.92 Å². The first kappa shape index (κ1) is 11.6. The number of fused-ring (bicyclic) bond motifs is 1. The molecule has 3 nitrogen and oxygen atoms in total. The van der Waals surface area contributed by atoms with Crippen molar-refractivity contribution in [1.29, 1.82) is 0 Å². The molecule has 0 bridgehead atoms. The third kappa shape index (κ3) is 1.60. The van der Waals surface area contributed by atoms with E-state index in [0.29, 0.717) is 4.48 Å². The molecule has 0 aromatic rings. The Morgan fingerprint density at radius 2 is 2.07 bits per heavy atom. The predicted molar refractivity (Wildman–Crippen MR) is 62.0 cm³/mol. The Bertz CT molecular complexity index is 439. The molecule has 2 aliphatic rings. The average Bonchev–Trinajstić information content (AvgIpc) is 2.39. The molecule has 0 aromatic carbocycles. The SMILES string of the molecule is O=C1OC(=O)C2C1=C(Cl)C=C(Br)C2(Cl)Br. The monoisotopic (exact) mass is 374 g/mol. The molecular formula is C8H2Br2Cl2O3. The largest absolute Gasteiger partial charge is 0.389 e. The molecule has 2 atom stereocenters. The van der Waals surface area contributed by atoms with Crippen molar-refractivity contribution in [3.63, 3.8) is 0 Å². The van der Waals surface area contributed by atoms with Crippen LogP contribution in [0.15, 0.2) is 21.2 Å². The minimum Gasteiger partial charge on any atom is -0.389 e. The third-order valence-corrected chi connectivity index (χ3v) is 5.36. The van der Waals surface area contributed by atoms with Crippen LogP contribution in [0.25, 0.3) is 0 Å². The third-order valence-electron chi connectivity index (χ3n) is 2.13. The molecular weight excluding hydrogens is 375 g/mol. The summed E-state index contributed by atoms with van der Waals surface area (Å²) in [6.45, 7) is 0. The number of carbonyl (C=O) groups is 2. The van der Waals surface area contributed by atoms with E-state index < -0.39 is 21.6 Å². The van der Waals surface area contributed by atoms with E-state index in [0.717, 1.165) is 0 Å². The maximum atomic E-state index is 11.4. The van der Waals surface area contributed by atoms with Crippen LogP contribution < -0.4 is 0 Å². The van der Waals surface area contributed by atoms with Crippen molar-refractivity contribution in [3.05, 3.63) is 21.2 Å². The fraction of sp³-hybridized carbons (Fsp3) is 0.250. The molecule has 0 N–H and O–H groups in total. The molecule has 1 aliphatic heterocycles. The second-order valence-electron chi connectivity index (χ2n) is 3.02. The normalized spacial score (nSPS) is 35.2. The molecule has 7 heteroatoms. The minimum atomic E-state index is -1.20. The number of esters is 2. The fourth-order valence-electron chi connectivity index (χ4n) is 1.43. The highest BCUT2D eigenvalue weighted by atomic mass is 79.9. The van der Waals surface area contributed by atoms with E-state index in [1.807, 2.05) is 0 Å². The van der Waals surface area contributed by atoms with Gasteiger partial charge in [-0.15, -0.1) is 0 Å². The van der Waals surface area contributed by atoms with E-state index in [-0.39, 0.29) is 10.6 Å². The maximum Gasteiger partial charge on any atom is 0.344 e. The molecule has 80 valence electrons. The number of alkyl halides is 2. The van der Waals surface area contributed by atoms with E-state index >= 15 is 0 Å². The number of halogens is 4. The van der Waals surface area contributed by atoms with Gasteiger partial charge in [0.25, 0.3) is 0 Å². The zero-order valence-electron chi connectivity index (χ0n) is 6.89. The van der Waals surface area contributed by atoms with Crippen molar-refractivity contribution in [2.75, 3.05) is 0 Å². The highest BCUT2D eigenvalue weighted by Gasteiger charge is 2.55. The van der Waals surface area contributed by atoms with Gasteiger partial charge in [-0.3, -0.25) is 4.79 Å². The average molecular weight is 377 g/mol. The quantitative estimate of drug-likeness (QED) is 0.371. The van der Waals surface area contributed by atoms with Crippen molar-refractivity contribution in [2.45, 2.75) is 3.78 Å². The van der Waals surface area contributed by atoms with Crippen LogP contribution in [0.3, 0.4) is 0 Å². The zero-order chi connectivity index (χ0) is 11.4. The first-order valence-corrected chi connectivity index (χ1v) is 6.11. The van der Waals surface area contributed by atoms with Gasteiger partial charge in [-0.25, -0.2) is 4.79 Å². The van der Waals surface area contributed by atoms with Gasteiger partial charge in [0, 0.05) is 4.48 Å². The molecule has 1 fully saturated rings. The summed E-state index contributed by atoms with van der Waals surface area (Å²) in [6, 6.07) is 0. The number of rotatable bonds is 0. The van der Waals surface area contributed by atoms with Gasteiger partial charge in [0.2, 0.25) is 0 Å². The predicted octanol–water partition coefficient (Wildman–Crippen LogP) is 2.80. The number of ether oxygens (including phenoxy) is 1. The van der Waals surface area contributed by atoms with Gasteiger partial charge in [-0.1, -0.05) is 55.1 Å². The van der Waals surface area contributed by atoms with Crippen LogP contribution in [0.1, 0.15) is 0 Å². The molecule has 0 amide bonds. The van der Waals surface area contributed by atoms with E-state index in [2.05, 4.69) is 36.6 Å². The van der Waals surface area contributed by atoms with Crippen LogP contribution in [-0.2, 0) is 14.3 Å². The molecule has 0 radical (unpaired) electrons. The Labute approximate surface area is 112 Å². The second kappa shape index (κ2) is 3.58. The first-order chi connectivity index (χ1) is 6.85. The summed E-state index contributed by atoms with van der Waals surface area (Å²) in [6.07, 6.45) is 1.47. The summed E-state index contributed by atoms with van der Waals surface area (Å²) in [5.74, 6) is -2.36. The van der Waals surface area contributed by atoms with E-state index in [1.54, 1.807) is 0 Å². The van der Waals surface area contributed by atoms with Crippen molar-refractivity contribution >= 4 is 67.0 Å². The highest BCUT2D eigenvalue weighted by Crippen LogP contribution is 2.53. The smallest absolute Gasteiger partial charge is 0.344 e. The lowest BCUT2D eigenvalue weighted by Crippen LogP contribution is -2.33. The topological polar surface area (TPSA) is 43.4 Å². The van der Waals surface area contributed by atoms with Crippen LogP contribution in [0.5, 0.6) is 0 Å². The first-order valence-electron chi connectivity index (χ1n) is 3.77. The number of allylic oxidation sites excluding steroid dienone is 3. The molecule has 0 saturated carbocycles. The van der Waals surface area contributed by atoms with Crippen molar-refractivity contribution in [1.82, 2.24) is 0 Å². The van der Waals surface area contributed by atoms with Gasteiger partial charge in [-0.05, 0) is 6.08 Å². The molecule has 1 saturated heterocycles. The molecule has 0 aromatic heterocycles. The Kier molecular flexibility index (Phi) is 2.78. The summed E-state index contributed by atoms with van der Waals surface area (Å²) < 4.78 is 3.74. The number of cyclic esters (lactones) is 2. The molecule has 0 spiro atoms. The molecule has 1 heterocycles. The van der Waals surface area contributed by atoms with Gasteiger partial charge in [-0.2, -0.15) is 0 Å². The Hall–Kier alpha value is 0.160. The van der Waals surface area contributed by atoms with Crippen molar-refractivity contribution in [2.24, 2.45) is 5.92 Å². The lowest BCUT2D eigenvalue weighted by molar-refractivity contribution is -0.152. The van der Waals surface area contributed by atoms with E-state index in [4.69, 9.17) is 23.2 Å². The highest BCUT2D eigenvalue weighted by molar-refractivity contribution is 9.14. The Morgan fingerprint density at radius 3 is 2.67 bits per heavy atom. The van der Waals surface area contributed by atoms with Crippen LogP contribution >= 0.6 is 55.1 Å². The fourth-order valence-corrected chi connectivity index (χ4v) is 3.10. The van der Waals surface area contributed by atoms with Gasteiger partial charge < -0.3 is 4.74 Å². The standard InChI is InChI=1S/C8H2Br2Cl2O3/c9-3-1-2(11)4-5(8(3,10)12)7(14)15-6(4)13/h1,5H. The summed E-state index contributed by atoms with van der Waals surface area (Å²) in [4.78, 5) is 22.7.